The van der Waals surface area contributed by atoms with E-state index in [0.717, 1.165) is 11.1 Å². The predicted molar refractivity (Wildman–Crippen MR) is 125 cm³/mol. The highest BCUT2D eigenvalue weighted by atomic mass is 16.5. The molecule has 0 aliphatic rings. The molecular formula is C25H25N3O5. The molecular weight excluding hydrogens is 422 g/mol. The highest BCUT2D eigenvalue weighted by Crippen LogP contribution is 2.17. The molecule has 8 heteroatoms. The maximum absolute atomic E-state index is 12.3. The highest BCUT2D eigenvalue weighted by molar-refractivity contribution is 5.92. The first-order valence-corrected chi connectivity index (χ1v) is 10.2. The Morgan fingerprint density at radius 3 is 2.21 bits per heavy atom. The Morgan fingerprint density at radius 1 is 0.909 bits per heavy atom. The lowest BCUT2D eigenvalue weighted by atomic mass is 10.1. The predicted octanol–water partition coefficient (Wildman–Crippen LogP) is 3.55. The van der Waals surface area contributed by atoms with Crippen LogP contribution in [0.1, 0.15) is 17.2 Å². The minimum Gasteiger partial charge on any atom is -0.497 e. The molecule has 0 heterocycles. The van der Waals surface area contributed by atoms with E-state index in [4.69, 9.17) is 14.2 Å². The van der Waals surface area contributed by atoms with E-state index in [2.05, 4.69) is 15.8 Å². The van der Waals surface area contributed by atoms with Crippen molar-refractivity contribution in [1.29, 1.82) is 0 Å². The number of carbonyl (C=O) groups excluding carboxylic acids is 2. The number of nitrogens with zero attached hydrogens (tertiary/aromatic N) is 1. The van der Waals surface area contributed by atoms with Crippen LogP contribution in [0.15, 0.2) is 84.0 Å². The first-order chi connectivity index (χ1) is 16.1. The summed E-state index contributed by atoms with van der Waals surface area (Å²) < 4.78 is 15.9. The van der Waals surface area contributed by atoms with Gasteiger partial charge in [0.1, 0.15) is 11.5 Å². The monoisotopic (exact) mass is 447 g/mol. The first kappa shape index (κ1) is 23.5. The van der Waals surface area contributed by atoms with E-state index in [1.165, 1.54) is 13.3 Å². The van der Waals surface area contributed by atoms with Crippen molar-refractivity contribution in [2.45, 2.75) is 6.10 Å². The summed E-state index contributed by atoms with van der Waals surface area (Å²) in [6.45, 7) is -0.132. The third-order valence-corrected chi connectivity index (χ3v) is 4.59. The van der Waals surface area contributed by atoms with Crippen LogP contribution in [0.5, 0.6) is 11.5 Å². The second-order valence-corrected chi connectivity index (χ2v) is 6.90. The smallest absolute Gasteiger partial charge is 0.273 e. The summed E-state index contributed by atoms with van der Waals surface area (Å²) in [5.41, 5.74) is 4.62. The largest absolute Gasteiger partial charge is 0.497 e. The molecule has 3 aromatic carbocycles. The molecule has 2 amide bonds. The van der Waals surface area contributed by atoms with Crippen molar-refractivity contribution in [3.63, 3.8) is 0 Å². The molecule has 0 unspecified atom stereocenters. The summed E-state index contributed by atoms with van der Waals surface area (Å²) in [6, 6.07) is 23.1. The van der Waals surface area contributed by atoms with Gasteiger partial charge in [0.25, 0.3) is 11.8 Å². The Labute approximate surface area is 192 Å². The van der Waals surface area contributed by atoms with Crippen LogP contribution in [0.2, 0.25) is 0 Å². The maximum Gasteiger partial charge on any atom is 0.273 e. The van der Waals surface area contributed by atoms with Gasteiger partial charge >= 0.3 is 0 Å². The summed E-state index contributed by atoms with van der Waals surface area (Å²) >= 11 is 0. The standard InChI is InChI=1S/C25H25N3O5/c1-31-21-14-10-20(11-15-21)27-23(29)17-33-22-12-8-18(9-13-22)16-26-28-25(30)24(32-2)19-6-4-3-5-7-19/h3-16,24H,17H2,1-2H3,(H,27,29)(H,28,30)/b26-16-/t24-/m1/s1. The molecule has 0 spiro atoms. The van der Waals surface area contributed by atoms with E-state index in [0.29, 0.717) is 17.2 Å². The fraction of sp³-hybridized carbons (Fsp3) is 0.160. The quantitative estimate of drug-likeness (QED) is 0.366. The number of anilines is 1. The fourth-order valence-electron chi connectivity index (χ4n) is 2.92. The third-order valence-electron chi connectivity index (χ3n) is 4.59. The molecule has 8 nitrogen and oxygen atoms in total. The normalized spacial score (nSPS) is 11.6. The number of hydrogen-bond donors (Lipinski definition) is 2. The number of carbonyl (C=O) groups is 2. The number of hydrogen-bond acceptors (Lipinski definition) is 6. The zero-order chi connectivity index (χ0) is 23.5. The van der Waals surface area contributed by atoms with E-state index in [-0.39, 0.29) is 18.4 Å². The van der Waals surface area contributed by atoms with Crippen molar-refractivity contribution >= 4 is 23.7 Å². The van der Waals surface area contributed by atoms with Gasteiger partial charge in [-0.2, -0.15) is 5.10 Å². The Hall–Kier alpha value is -4.17. The molecule has 0 saturated heterocycles. The Bertz CT molecular complexity index is 1070. The average molecular weight is 447 g/mol. The summed E-state index contributed by atoms with van der Waals surface area (Å²) in [4.78, 5) is 24.4. The minimum absolute atomic E-state index is 0.132. The number of ether oxygens (including phenoxy) is 3. The van der Waals surface area contributed by atoms with Gasteiger partial charge in [-0.05, 0) is 59.7 Å². The van der Waals surface area contributed by atoms with E-state index >= 15 is 0 Å². The van der Waals surface area contributed by atoms with Gasteiger partial charge in [0.05, 0.1) is 13.3 Å². The molecule has 0 aliphatic heterocycles. The molecule has 170 valence electrons. The lowest BCUT2D eigenvalue weighted by molar-refractivity contribution is -0.131. The lowest BCUT2D eigenvalue weighted by Gasteiger charge is -2.13. The molecule has 2 N–H and O–H groups in total. The van der Waals surface area contributed by atoms with Crippen molar-refractivity contribution in [2.24, 2.45) is 5.10 Å². The minimum atomic E-state index is -0.747. The van der Waals surface area contributed by atoms with Crippen LogP contribution >= 0.6 is 0 Å². The SMILES string of the molecule is COc1ccc(NC(=O)COc2ccc(/C=N\NC(=O)[C@H](OC)c3ccccc3)cc2)cc1. The molecule has 0 fully saturated rings. The lowest BCUT2D eigenvalue weighted by Crippen LogP contribution is -2.26. The zero-order valence-electron chi connectivity index (χ0n) is 18.4. The van der Waals surface area contributed by atoms with Gasteiger partial charge in [-0.3, -0.25) is 9.59 Å². The van der Waals surface area contributed by atoms with Gasteiger partial charge in [-0.1, -0.05) is 30.3 Å². The van der Waals surface area contributed by atoms with E-state index in [9.17, 15) is 9.59 Å². The van der Waals surface area contributed by atoms with Gasteiger partial charge in [-0.15, -0.1) is 0 Å². The molecule has 1 atom stereocenters. The summed E-state index contributed by atoms with van der Waals surface area (Å²) in [5.74, 6) is 0.592. The summed E-state index contributed by atoms with van der Waals surface area (Å²) in [5, 5.41) is 6.73. The van der Waals surface area contributed by atoms with Crippen LogP contribution in [0.4, 0.5) is 5.69 Å². The summed E-state index contributed by atoms with van der Waals surface area (Å²) in [6.07, 6.45) is 0.763. The average Bonchev–Trinajstić information content (AvgIpc) is 2.85. The molecule has 0 radical (unpaired) electrons. The van der Waals surface area contributed by atoms with Crippen LogP contribution in [0, 0.1) is 0 Å². The molecule has 0 saturated carbocycles. The van der Waals surface area contributed by atoms with Crippen molar-refractivity contribution in [3.8, 4) is 11.5 Å². The van der Waals surface area contributed by atoms with E-state index in [1.807, 2.05) is 30.3 Å². The van der Waals surface area contributed by atoms with Crippen molar-refractivity contribution in [2.75, 3.05) is 26.1 Å². The summed E-state index contributed by atoms with van der Waals surface area (Å²) in [7, 11) is 3.05. The van der Waals surface area contributed by atoms with Crippen molar-refractivity contribution < 1.29 is 23.8 Å². The van der Waals surface area contributed by atoms with Gasteiger partial charge in [0.2, 0.25) is 0 Å². The second-order valence-electron chi connectivity index (χ2n) is 6.90. The van der Waals surface area contributed by atoms with Crippen LogP contribution in [0.25, 0.3) is 0 Å². The highest BCUT2D eigenvalue weighted by Gasteiger charge is 2.19. The molecule has 0 bridgehead atoms. The van der Waals surface area contributed by atoms with E-state index in [1.54, 1.807) is 55.6 Å². The second kappa shape index (κ2) is 12.0. The Morgan fingerprint density at radius 2 is 1.58 bits per heavy atom. The zero-order valence-corrected chi connectivity index (χ0v) is 18.4. The topological polar surface area (TPSA) is 98.3 Å². The molecule has 33 heavy (non-hydrogen) atoms. The number of amides is 2. The molecule has 0 aliphatic carbocycles. The van der Waals surface area contributed by atoms with Crippen molar-refractivity contribution in [1.82, 2.24) is 5.43 Å². The number of methoxy groups -OCH3 is 2. The first-order valence-electron chi connectivity index (χ1n) is 10.2. The Balaban J connectivity index is 1.45. The van der Waals surface area contributed by atoms with Gasteiger partial charge in [0.15, 0.2) is 12.7 Å². The molecule has 3 aromatic rings. The number of rotatable bonds is 10. The maximum atomic E-state index is 12.3. The van der Waals surface area contributed by atoms with E-state index < -0.39 is 6.10 Å². The third kappa shape index (κ3) is 7.19. The fourth-order valence-corrected chi connectivity index (χ4v) is 2.92. The van der Waals surface area contributed by atoms with Crippen molar-refractivity contribution in [3.05, 3.63) is 90.0 Å². The number of hydrazone groups is 1. The number of nitrogens with one attached hydrogen (secondary N) is 2. The molecule has 0 aromatic heterocycles. The van der Waals surface area contributed by atoms with Crippen LogP contribution in [-0.4, -0.2) is 38.9 Å². The van der Waals surface area contributed by atoms with Gasteiger partial charge in [-0.25, -0.2) is 5.43 Å². The van der Waals surface area contributed by atoms with Gasteiger partial charge < -0.3 is 19.5 Å². The molecule has 3 rings (SSSR count). The van der Waals surface area contributed by atoms with Crippen LogP contribution in [0.3, 0.4) is 0 Å². The Kier molecular flexibility index (Phi) is 8.55. The van der Waals surface area contributed by atoms with Crippen LogP contribution in [-0.2, 0) is 14.3 Å². The van der Waals surface area contributed by atoms with Crippen LogP contribution < -0.4 is 20.2 Å². The number of benzene rings is 3. The van der Waals surface area contributed by atoms with Gasteiger partial charge in [0, 0.05) is 12.8 Å².